The minimum atomic E-state index is -1.01. The number of aliphatic imine (C=N–C) groups is 1. The summed E-state index contributed by atoms with van der Waals surface area (Å²) in [6.45, 7) is 3.16. The lowest BCUT2D eigenvalue weighted by Crippen LogP contribution is -2.18. The summed E-state index contributed by atoms with van der Waals surface area (Å²) in [6.07, 6.45) is 2.50. The van der Waals surface area contributed by atoms with Crippen LogP contribution in [0.5, 0.6) is 5.88 Å². The molecule has 0 amide bonds. The lowest BCUT2D eigenvalue weighted by atomic mass is 10.0. The number of aromatic carboxylic acids is 1. The molecule has 1 aliphatic rings. The van der Waals surface area contributed by atoms with Crippen LogP contribution in [-0.2, 0) is 6.54 Å². The third kappa shape index (κ3) is 4.04. The third-order valence-corrected chi connectivity index (χ3v) is 6.50. The Bertz CT molecular complexity index is 1300. The van der Waals surface area contributed by atoms with E-state index in [4.69, 9.17) is 4.99 Å². The number of hydrogen-bond acceptors (Lipinski definition) is 5. The average Bonchev–Trinajstić information content (AvgIpc) is 3.53. The van der Waals surface area contributed by atoms with E-state index in [1.54, 1.807) is 23.5 Å². The normalized spacial score (nSPS) is 14.9. The number of thiophene rings is 1. The maximum Gasteiger partial charge on any atom is 0.335 e. The van der Waals surface area contributed by atoms with Crippen molar-refractivity contribution in [1.29, 1.82) is 0 Å². The molecule has 2 aromatic carbocycles. The number of carbonyl (C=O) groups is 1. The Kier molecular flexibility index (Phi) is 5.51. The maximum absolute atomic E-state index is 11.5. The van der Waals surface area contributed by atoms with E-state index in [9.17, 15) is 15.0 Å². The summed E-state index contributed by atoms with van der Waals surface area (Å²) in [5.41, 5.74) is 4.81. The molecule has 162 valence electrons. The Morgan fingerprint density at radius 1 is 1.09 bits per heavy atom. The molecule has 0 unspecified atom stereocenters. The number of aromatic nitrogens is 1. The minimum Gasteiger partial charge on any atom is -0.494 e. The fraction of sp³-hybridized carbons (Fsp3) is 0.200. The van der Waals surface area contributed by atoms with Gasteiger partial charge in [0.2, 0.25) is 0 Å². The van der Waals surface area contributed by atoms with E-state index in [-0.39, 0.29) is 11.4 Å². The molecule has 3 heterocycles. The van der Waals surface area contributed by atoms with Crippen LogP contribution in [0.4, 0.5) is 5.69 Å². The van der Waals surface area contributed by atoms with Crippen LogP contribution < -0.4 is 0 Å². The lowest BCUT2D eigenvalue weighted by molar-refractivity contribution is 0.0697. The molecule has 1 saturated heterocycles. The summed E-state index contributed by atoms with van der Waals surface area (Å²) in [5.74, 6) is -1.04. The number of nitrogens with zero attached hydrogens (tertiary/aromatic N) is 2. The fourth-order valence-electron chi connectivity index (χ4n) is 4.27. The highest BCUT2D eigenvalue weighted by Crippen LogP contribution is 2.33. The molecule has 32 heavy (non-hydrogen) atoms. The van der Waals surface area contributed by atoms with Gasteiger partial charge >= 0.3 is 5.97 Å². The largest absolute Gasteiger partial charge is 0.494 e. The predicted molar refractivity (Wildman–Crippen MR) is 127 cm³/mol. The zero-order chi connectivity index (χ0) is 22.1. The Hall–Kier alpha value is -3.42. The monoisotopic (exact) mass is 445 g/mol. The predicted octanol–water partition coefficient (Wildman–Crippen LogP) is 5.40. The van der Waals surface area contributed by atoms with Crippen LogP contribution in [0, 0.1) is 0 Å². The molecular weight excluding hydrogens is 422 g/mol. The van der Waals surface area contributed by atoms with Crippen molar-refractivity contribution in [1.82, 2.24) is 9.88 Å². The molecule has 3 N–H and O–H groups in total. The Morgan fingerprint density at radius 3 is 2.69 bits per heavy atom. The van der Waals surface area contributed by atoms with Crippen molar-refractivity contribution in [2.45, 2.75) is 19.4 Å². The zero-order valence-corrected chi connectivity index (χ0v) is 18.2. The van der Waals surface area contributed by atoms with Crippen LogP contribution in [-0.4, -0.2) is 44.9 Å². The van der Waals surface area contributed by atoms with Crippen molar-refractivity contribution in [3.8, 4) is 5.88 Å². The Morgan fingerprint density at radius 2 is 1.94 bits per heavy atom. The molecule has 5 rings (SSSR count). The van der Waals surface area contributed by atoms with Crippen molar-refractivity contribution < 1.29 is 15.0 Å². The Balaban J connectivity index is 1.62. The topological polar surface area (TPSA) is 88.9 Å². The van der Waals surface area contributed by atoms with Crippen LogP contribution in [0.3, 0.4) is 0 Å². The summed E-state index contributed by atoms with van der Waals surface area (Å²) in [6, 6.07) is 14.9. The molecule has 6 nitrogen and oxygen atoms in total. The number of fused-ring (bicyclic) bond motifs is 1. The van der Waals surface area contributed by atoms with Crippen molar-refractivity contribution in [3.05, 3.63) is 81.5 Å². The molecule has 0 bridgehead atoms. The number of nitrogens with one attached hydrogen (secondary N) is 1. The number of hydrogen-bond donors (Lipinski definition) is 3. The van der Waals surface area contributed by atoms with E-state index in [1.165, 1.54) is 24.5 Å². The van der Waals surface area contributed by atoms with E-state index >= 15 is 0 Å². The van der Waals surface area contributed by atoms with Gasteiger partial charge in [0, 0.05) is 28.4 Å². The molecule has 0 atom stereocenters. The molecule has 0 radical (unpaired) electrons. The van der Waals surface area contributed by atoms with Crippen LogP contribution in [0.1, 0.15) is 39.9 Å². The smallest absolute Gasteiger partial charge is 0.335 e. The van der Waals surface area contributed by atoms with Gasteiger partial charge in [-0.15, -0.1) is 0 Å². The van der Waals surface area contributed by atoms with Crippen LogP contribution in [0.15, 0.2) is 64.3 Å². The number of aromatic amines is 1. The van der Waals surface area contributed by atoms with Gasteiger partial charge in [-0.05, 0) is 73.3 Å². The molecule has 1 aliphatic heterocycles. The molecule has 7 heteroatoms. The van der Waals surface area contributed by atoms with Crippen LogP contribution in [0.2, 0.25) is 0 Å². The van der Waals surface area contributed by atoms with E-state index in [1.807, 2.05) is 29.0 Å². The summed E-state index contributed by atoms with van der Waals surface area (Å²) < 4.78 is 0. The molecular formula is C25H23N3O3S. The molecule has 4 aromatic rings. The third-order valence-electron chi connectivity index (χ3n) is 5.81. The Labute approximate surface area is 189 Å². The number of carboxylic acids is 1. The molecule has 1 fully saturated rings. The van der Waals surface area contributed by atoms with Crippen LogP contribution in [0.25, 0.3) is 10.9 Å². The maximum atomic E-state index is 11.5. The first-order chi connectivity index (χ1) is 15.6. The lowest BCUT2D eigenvalue weighted by Gasteiger charge is -2.14. The van der Waals surface area contributed by atoms with Gasteiger partial charge in [-0.1, -0.05) is 12.1 Å². The van der Waals surface area contributed by atoms with Gasteiger partial charge in [0.1, 0.15) is 0 Å². The summed E-state index contributed by atoms with van der Waals surface area (Å²) in [5, 5.41) is 24.8. The molecule has 2 aromatic heterocycles. The van der Waals surface area contributed by atoms with Gasteiger partial charge in [-0.3, -0.25) is 4.90 Å². The quantitative estimate of drug-likeness (QED) is 0.347. The van der Waals surface area contributed by atoms with Crippen molar-refractivity contribution in [3.63, 3.8) is 0 Å². The summed E-state index contributed by atoms with van der Waals surface area (Å²) in [4.78, 5) is 21.9. The second kappa shape index (κ2) is 8.61. The number of aromatic hydroxyl groups is 1. The first-order valence-electron chi connectivity index (χ1n) is 10.6. The van der Waals surface area contributed by atoms with Gasteiger partial charge in [0.15, 0.2) is 5.88 Å². The van der Waals surface area contributed by atoms with Gasteiger partial charge in [0.25, 0.3) is 0 Å². The van der Waals surface area contributed by atoms with Gasteiger partial charge < -0.3 is 15.2 Å². The number of rotatable bonds is 6. The van der Waals surface area contributed by atoms with Gasteiger partial charge in [-0.25, -0.2) is 9.79 Å². The number of H-pyrrole nitrogens is 1. The zero-order valence-electron chi connectivity index (χ0n) is 17.4. The second-order valence-corrected chi connectivity index (χ2v) is 8.82. The van der Waals surface area contributed by atoms with E-state index in [0.717, 1.165) is 30.9 Å². The van der Waals surface area contributed by atoms with Crippen molar-refractivity contribution >= 4 is 39.6 Å². The highest BCUT2D eigenvalue weighted by Gasteiger charge is 2.20. The van der Waals surface area contributed by atoms with Gasteiger partial charge in [-0.2, -0.15) is 11.3 Å². The van der Waals surface area contributed by atoms with Crippen LogP contribution >= 0.6 is 11.3 Å². The highest BCUT2D eigenvalue weighted by atomic mass is 32.1. The van der Waals surface area contributed by atoms with Crippen molar-refractivity contribution in [2.75, 3.05) is 13.1 Å². The van der Waals surface area contributed by atoms with E-state index < -0.39 is 5.97 Å². The number of likely N-dealkylation sites (tertiary alicyclic amines) is 1. The minimum absolute atomic E-state index is 0.0271. The van der Waals surface area contributed by atoms with Crippen molar-refractivity contribution in [2.24, 2.45) is 4.99 Å². The highest BCUT2D eigenvalue weighted by molar-refractivity contribution is 7.08. The van der Waals surface area contributed by atoms with E-state index in [2.05, 4.69) is 22.0 Å². The molecule has 0 spiro atoms. The standard InChI is InChI=1S/C25H23N3O3S/c29-24-22(20-13-17(25(30)31)6-7-21(20)27-24)23(18-8-11-32-15-18)26-19-5-3-4-16(12-19)14-28-9-1-2-10-28/h3-8,11-13,15,27,29H,1-2,9-10,14H2,(H,30,31). The SMILES string of the molecule is O=C(O)c1ccc2[nH]c(O)c(C(=Nc3cccc(CN4CCCC4)c3)c3ccsc3)c2c1. The van der Waals surface area contributed by atoms with Gasteiger partial charge in [0.05, 0.1) is 22.5 Å². The molecule has 0 saturated carbocycles. The molecule has 0 aliphatic carbocycles. The fourth-order valence-corrected chi connectivity index (χ4v) is 4.91. The average molecular weight is 446 g/mol. The first kappa shape index (κ1) is 20.5. The number of carboxylic acid groups (broad SMARTS) is 1. The summed E-state index contributed by atoms with van der Waals surface area (Å²) >= 11 is 1.55. The first-order valence-corrected chi connectivity index (χ1v) is 11.5. The second-order valence-electron chi connectivity index (χ2n) is 8.04. The summed E-state index contributed by atoms with van der Waals surface area (Å²) in [7, 11) is 0. The van der Waals surface area contributed by atoms with E-state index in [0.29, 0.717) is 22.2 Å². The number of benzene rings is 2.